The van der Waals surface area contributed by atoms with E-state index < -0.39 is 5.91 Å². The fraction of sp³-hybridized carbons (Fsp3) is 0.115. The largest absolute Gasteiger partial charge is 0.396 e. The minimum absolute atomic E-state index is 0. The Morgan fingerprint density at radius 3 is 2.49 bits per heavy atom. The Hall–Kier alpha value is -4.14. The van der Waals surface area contributed by atoms with Crippen molar-refractivity contribution in [3.63, 3.8) is 0 Å². The summed E-state index contributed by atoms with van der Waals surface area (Å²) in [5, 5.41) is 14.5. The Bertz CT molecular complexity index is 1510. The van der Waals surface area contributed by atoms with Crippen molar-refractivity contribution in [2.75, 3.05) is 24.2 Å². The first-order valence-corrected chi connectivity index (χ1v) is 11.0. The molecule has 1 amide bonds. The van der Waals surface area contributed by atoms with E-state index in [9.17, 15) is 4.79 Å². The standard InChI is InChI=1S/C26H24N6O2.ClH/c27-25(34)19-10-9-17(13-21(19)29-11-4-12-33)32-22-7-2-1-5-20(22)24-18(6-3-8-23(24)32)16-14-30-26(28)31-15-16;/h1-3,5-10,13-15,29,33H,4,11-12H2,(H2,27,34)(H2,28,30,31);1H. The van der Waals surface area contributed by atoms with Gasteiger partial charge in [0.05, 0.1) is 16.6 Å². The van der Waals surface area contributed by atoms with Gasteiger partial charge in [0.25, 0.3) is 5.91 Å². The van der Waals surface area contributed by atoms with Crippen LogP contribution in [0.5, 0.6) is 0 Å². The number of nitrogens with zero attached hydrogens (tertiary/aromatic N) is 3. The van der Waals surface area contributed by atoms with Crippen LogP contribution in [-0.4, -0.2) is 38.7 Å². The summed E-state index contributed by atoms with van der Waals surface area (Å²) >= 11 is 0. The number of nitrogens with two attached hydrogens (primary N) is 2. The van der Waals surface area contributed by atoms with E-state index in [1.165, 1.54) is 0 Å². The van der Waals surface area contributed by atoms with Crippen LogP contribution in [-0.2, 0) is 0 Å². The SMILES string of the molecule is Cl.NC(=O)c1ccc(-n2c3ccccc3c3c(-c4cnc(N)nc4)cccc32)cc1NCCCO. The molecule has 5 aromatic rings. The van der Waals surface area contributed by atoms with Gasteiger partial charge in [-0.2, -0.15) is 0 Å². The lowest BCUT2D eigenvalue weighted by atomic mass is 10.0. The predicted octanol–water partition coefficient (Wildman–Crippen LogP) is 4.14. The molecule has 6 N–H and O–H groups in total. The van der Waals surface area contributed by atoms with E-state index in [0.29, 0.717) is 24.2 Å². The zero-order chi connectivity index (χ0) is 23.7. The summed E-state index contributed by atoms with van der Waals surface area (Å²) in [6, 6.07) is 19.8. The van der Waals surface area contributed by atoms with Crippen molar-refractivity contribution in [2.24, 2.45) is 5.73 Å². The molecule has 0 atom stereocenters. The minimum atomic E-state index is -0.508. The molecule has 0 spiro atoms. The van der Waals surface area contributed by atoms with E-state index in [2.05, 4.69) is 38.1 Å². The topological polar surface area (TPSA) is 132 Å². The molecule has 5 rings (SSSR count). The molecule has 0 bridgehead atoms. The maximum absolute atomic E-state index is 12.0. The van der Waals surface area contributed by atoms with Gasteiger partial charge >= 0.3 is 0 Å². The summed E-state index contributed by atoms with van der Waals surface area (Å²) in [6.45, 7) is 0.581. The van der Waals surface area contributed by atoms with E-state index in [0.717, 1.165) is 38.6 Å². The number of fused-ring (bicyclic) bond motifs is 3. The number of amides is 1. The molecule has 0 unspecified atom stereocenters. The van der Waals surface area contributed by atoms with Gasteiger partial charge in [0.2, 0.25) is 5.95 Å². The molecule has 0 saturated carbocycles. The lowest BCUT2D eigenvalue weighted by Crippen LogP contribution is -2.15. The lowest BCUT2D eigenvalue weighted by molar-refractivity contribution is 0.100. The normalized spacial score (nSPS) is 10.9. The average Bonchev–Trinajstić information content (AvgIpc) is 3.19. The molecule has 0 radical (unpaired) electrons. The molecule has 35 heavy (non-hydrogen) atoms. The van der Waals surface area contributed by atoms with E-state index >= 15 is 0 Å². The number of halogens is 1. The number of aliphatic hydroxyl groups is 1. The maximum Gasteiger partial charge on any atom is 0.250 e. The number of rotatable bonds is 7. The highest BCUT2D eigenvalue weighted by Crippen LogP contribution is 2.38. The molecule has 0 fully saturated rings. The van der Waals surface area contributed by atoms with Crippen LogP contribution >= 0.6 is 12.4 Å². The first kappa shape index (κ1) is 24.0. The average molecular weight is 489 g/mol. The van der Waals surface area contributed by atoms with Crippen LogP contribution in [0.3, 0.4) is 0 Å². The molecular weight excluding hydrogens is 464 g/mol. The van der Waals surface area contributed by atoms with Gasteiger partial charge in [-0.15, -0.1) is 12.4 Å². The Morgan fingerprint density at radius 2 is 1.74 bits per heavy atom. The van der Waals surface area contributed by atoms with Gasteiger partial charge in [0, 0.05) is 53.3 Å². The van der Waals surface area contributed by atoms with Crippen molar-refractivity contribution in [1.29, 1.82) is 0 Å². The zero-order valence-corrected chi connectivity index (χ0v) is 19.6. The second-order valence-electron chi connectivity index (χ2n) is 7.98. The second-order valence-corrected chi connectivity index (χ2v) is 7.98. The number of nitrogens with one attached hydrogen (secondary N) is 1. The van der Waals surface area contributed by atoms with Crippen LogP contribution in [0.2, 0.25) is 0 Å². The van der Waals surface area contributed by atoms with Crippen LogP contribution in [0, 0.1) is 0 Å². The fourth-order valence-electron chi connectivity index (χ4n) is 4.35. The molecule has 3 aromatic carbocycles. The Balaban J connectivity index is 0.00000289. The van der Waals surface area contributed by atoms with E-state index in [-0.39, 0.29) is 25.0 Å². The molecular formula is C26H25ClN6O2. The molecule has 178 valence electrons. The van der Waals surface area contributed by atoms with Crippen molar-refractivity contribution in [3.8, 4) is 16.8 Å². The third-order valence-electron chi connectivity index (χ3n) is 5.86. The summed E-state index contributed by atoms with van der Waals surface area (Å²) in [6.07, 6.45) is 4.02. The van der Waals surface area contributed by atoms with Crippen LogP contribution in [0.15, 0.2) is 73.1 Å². The highest BCUT2D eigenvalue weighted by Gasteiger charge is 2.17. The van der Waals surface area contributed by atoms with Gasteiger partial charge < -0.3 is 26.5 Å². The summed E-state index contributed by atoms with van der Waals surface area (Å²) in [5.41, 5.74) is 17.1. The molecule has 2 heterocycles. The molecule has 0 aliphatic rings. The maximum atomic E-state index is 12.0. The second kappa shape index (κ2) is 10.0. The highest BCUT2D eigenvalue weighted by molar-refractivity contribution is 6.15. The quantitative estimate of drug-likeness (QED) is 0.254. The molecule has 2 aromatic heterocycles. The van der Waals surface area contributed by atoms with Crippen molar-refractivity contribution < 1.29 is 9.90 Å². The van der Waals surface area contributed by atoms with Gasteiger partial charge in [0.15, 0.2) is 0 Å². The summed E-state index contributed by atoms with van der Waals surface area (Å²) in [7, 11) is 0. The number of nitrogen functional groups attached to an aromatic ring is 1. The number of hydrogen-bond donors (Lipinski definition) is 4. The third-order valence-corrected chi connectivity index (χ3v) is 5.86. The predicted molar refractivity (Wildman–Crippen MR) is 142 cm³/mol. The van der Waals surface area contributed by atoms with Gasteiger partial charge in [0.1, 0.15) is 0 Å². The number of hydrogen-bond acceptors (Lipinski definition) is 6. The third kappa shape index (κ3) is 4.37. The number of primary amides is 1. The molecule has 8 nitrogen and oxygen atoms in total. The number of para-hydroxylation sites is 1. The zero-order valence-electron chi connectivity index (χ0n) is 18.8. The van der Waals surface area contributed by atoms with Gasteiger partial charge in [-0.25, -0.2) is 9.97 Å². The van der Waals surface area contributed by atoms with Crippen molar-refractivity contribution >= 4 is 51.8 Å². The van der Waals surface area contributed by atoms with Gasteiger partial charge in [-0.3, -0.25) is 4.79 Å². The summed E-state index contributed by atoms with van der Waals surface area (Å²) in [4.78, 5) is 20.3. The summed E-state index contributed by atoms with van der Waals surface area (Å²) < 4.78 is 2.16. The number of anilines is 2. The van der Waals surface area contributed by atoms with Crippen molar-refractivity contribution in [2.45, 2.75) is 6.42 Å². The number of aromatic nitrogens is 3. The van der Waals surface area contributed by atoms with Crippen LogP contribution in [0.4, 0.5) is 11.6 Å². The number of carbonyl (C=O) groups excluding carboxylic acids is 1. The smallest absolute Gasteiger partial charge is 0.250 e. The van der Waals surface area contributed by atoms with E-state index in [1.54, 1.807) is 18.5 Å². The van der Waals surface area contributed by atoms with Crippen molar-refractivity contribution in [3.05, 3.63) is 78.6 Å². The van der Waals surface area contributed by atoms with Crippen LogP contribution in [0.25, 0.3) is 38.6 Å². The van der Waals surface area contributed by atoms with Gasteiger partial charge in [-0.1, -0.05) is 30.3 Å². The lowest BCUT2D eigenvalue weighted by Gasteiger charge is -2.14. The first-order valence-electron chi connectivity index (χ1n) is 11.0. The highest BCUT2D eigenvalue weighted by atomic mass is 35.5. The molecule has 0 aliphatic carbocycles. The molecule has 9 heteroatoms. The molecule has 0 saturated heterocycles. The van der Waals surface area contributed by atoms with Crippen molar-refractivity contribution in [1.82, 2.24) is 14.5 Å². The Labute approximate surface area is 208 Å². The summed E-state index contributed by atoms with van der Waals surface area (Å²) in [5.74, 6) is -0.278. The first-order chi connectivity index (χ1) is 16.6. The molecule has 0 aliphatic heterocycles. The number of carbonyl (C=O) groups is 1. The van der Waals surface area contributed by atoms with Gasteiger partial charge in [-0.05, 0) is 42.3 Å². The van der Waals surface area contributed by atoms with Crippen LogP contribution < -0.4 is 16.8 Å². The minimum Gasteiger partial charge on any atom is -0.396 e. The Morgan fingerprint density at radius 1 is 1.00 bits per heavy atom. The van der Waals surface area contributed by atoms with E-state index in [1.807, 2.05) is 36.4 Å². The van der Waals surface area contributed by atoms with E-state index in [4.69, 9.17) is 16.6 Å². The number of aliphatic hydroxyl groups excluding tert-OH is 1. The Kier molecular flexibility index (Phi) is 6.86. The number of benzene rings is 3. The monoisotopic (exact) mass is 488 g/mol. The van der Waals surface area contributed by atoms with Crippen LogP contribution in [0.1, 0.15) is 16.8 Å². The fourth-order valence-corrected chi connectivity index (χ4v) is 4.35.